The molecule has 4 heteroatoms. The Balaban J connectivity index is 2.18. The van der Waals surface area contributed by atoms with Crippen molar-refractivity contribution >= 4 is 11.9 Å². The number of rotatable bonds is 10. The predicted molar refractivity (Wildman–Crippen MR) is 109 cm³/mol. The van der Waals surface area contributed by atoms with Crippen molar-refractivity contribution in [2.45, 2.75) is 20.8 Å². The molecule has 2 rings (SSSR count). The summed E-state index contributed by atoms with van der Waals surface area (Å²) in [5, 5.41) is 0. The van der Waals surface area contributed by atoms with E-state index in [9.17, 15) is 4.79 Å². The highest BCUT2D eigenvalue weighted by molar-refractivity contribution is 6.06. The molecule has 27 heavy (non-hydrogen) atoms. The van der Waals surface area contributed by atoms with Crippen LogP contribution in [0.4, 0.5) is 0 Å². The van der Waals surface area contributed by atoms with Crippen molar-refractivity contribution in [3.63, 3.8) is 0 Å². The molecule has 0 heterocycles. The molecule has 0 radical (unpaired) electrons. The fourth-order valence-corrected chi connectivity index (χ4v) is 2.53. The largest absolute Gasteiger partial charge is 0.493 e. The minimum absolute atomic E-state index is 0.0817. The zero-order valence-corrected chi connectivity index (χ0v) is 16.2. The summed E-state index contributed by atoms with van der Waals surface area (Å²) in [6.07, 6.45) is 5.00. The van der Waals surface area contributed by atoms with Crippen molar-refractivity contribution in [2.24, 2.45) is 0 Å². The van der Waals surface area contributed by atoms with Gasteiger partial charge in [0.15, 0.2) is 5.78 Å². The van der Waals surface area contributed by atoms with Gasteiger partial charge in [0.1, 0.15) is 23.9 Å². The summed E-state index contributed by atoms with van der Waals surface area (Å²) >= 11 is 0. The van der Waals surface area contributed by atoms with Crippen LogP contribution in [0.2, 0.25) is 0 Å². The first-order chi connectivity index (χ1) is 13.1. The second-order valence-corrected chi connectivity index (χ2v) is 5.83. The zero-order chi connectivity index (χ0) is 19.6. The van der Waals surface area contributed by atoms with Gasteiger partial charge in [0.05, 0.1) is 13.2 Å². The van der Waals surface area contributed by atoms with Gasteiger partial charge in [-0.1, -0.05) is 18.7 Å². The molecule has 0 fully saturated rings. The molecule has 0 spiro atoms. The average Bonchev–Trinajstić information content (AvgIpc) is 2.68. The molecule has 0 aliphatic heterocycles. The number of carbonyl (C=O) groups excluding carboxylic acids is 1. The van der Waals surface area contributed by atoms with Gasteiger partial charge in [0, 0.05) is 11.1 Å². The van der Waals surface area contributed by atoms with Gasteiger partial charge in [-0.25, -0.2) is 0 Å². The van der Waals surface area contributed by atoms with Crippen LogP contribution in [0.15, 0.2) is 55.1 Å². The summed E-state index contributed by atoms with van der Waals surface area (Å²) in [7, 11) is 0. The maximum atomic E-state index is 12.4. The molecule has 0 bridgehead atoms. The lowest BCUT2D eigenvalue weighted by atomic mass is 10.1. The number of carbonyl (C=O) groups is 1. The van der Waals surface area contributed by atoms with Crippen LogP contribution in [0.1, 0.15) is 35.3 Å². The molecule has 0 aliphatic carbocycles. The molecule has 0 unspecified atom stereocenters. The number of ketones is 1. The van der Waals surface area contributed by atoms with Gasteiger partial charge < -0.3 is 14.2 Å². The van der Waals surface area contributed by atoms with Gasteiger partial charge >= 0.3 is 0 Å². The third-order valence-electron chi connectivity index (χ3n) is 3.87. The van der Waals surface area contributed by atoms with Crippen LogP contribution >= 0.6 is 0 Å². The first-order valence-corrected chi connectivity index (χ1v) is 9.05. The van der Waals surface area contributed by atoms with E-state index in [1.165, 1.54) is 0 Å². The Morgan fingerprint density at radius 1 is 1.00 bits per heavy atom. The average molecular weight is 366 g/mol. The van der Waals surface area contributed by atoms with E-state index in [-0.39, 0.29) is 5.78 Å². The summed E-state index contributed by atoms with van der Waals surface area (Å²) in [6.45, 7) is 11.0. The molecule has 142 valence electrons. The molecule has 0 atom stereocenters. The lowest BCUT2D eigenvalue weighted by molar-refractivity contribution is 0.104. The van der Waals surface area contributed by atoms with E-state index < -0.39 is 0 Å². The lowest BCUT2D eigenvalue weighted by Crippen LogP contribution is -2.00. The summed E-state index contributed by atoms with van der Waals surface area (Å²) < 4.78 is 16.8. The first-order valence-electron chi connectivity index (χ1n) is 9.05. The summed E-state index contributed by atoms with van der Waals surface area (Å²) in [4.78, 5) is 12.4. The number of hydrogen-bond acceptors (Lipinski definition) is 4. The Morgan fingerprint density at radius 3 is 2.11 bits per heavy atom. The second kappa shape index (κ2) is 10.2. The number of ether oxygens (including phenoxy) is 3. The Labute approximate surface area is 161 Å². The van der Waals surface area contributed by atoms with Gasteiger partial charge in [-0.3, -0.25) is 4.79 Å². The van der Waals surface area contributed by atoms with Crippen LogP contribution in [0.5, 0.6) is 17.2 Å². The summed E-state index contributed by atoms with van der Waals surface area (Å²) in [5.41, 5.74) is 2.41. The summed E-state index contributed by atoms with van der Waals surface area (Å²) in [5.74, 6) is 2.15. The van der Waals surface area contributed by atoms with E-state index in [0.717, 1.165) is 22.6 Å². The third kappa shape index (κ3) is 5.74. The van der Waals surface area contributed by atoms with Crippen LogP contribution < -0.4 is 14.2 Å². The molecule has 2 aromatic carbocycles. The highest BCUT2D eigenvalue weighted by Crippen LogP contribution is 2.30. The Kier molecular flexibility index (Phi) is 7.68. The van der Waals surface area contributed by atoms with Crippen molar-refractivity contribution < 1.29 is 19.0 Å². The topological polar surface area (TPSA) is 44.8 Å². The maximum Gasteiger partial charge on any atom is 0.185 e. The molecule has 2 aromatic rings. The van der Waals surface area contributed by atoms with Gasteiger partial charge in [-0.05, 0) is 68.8 Å². The molecular formula is C23H26O4. The van der Waals surface area contributed by atoms with E-state index in [2.05, 4.69) is 6.58 Å². The maximum absolute atomic E-state index is 12.4. The van der Waals surface area contributed by atoms with Crippen molar-refractivity contribution in [1.82, 2.24) is 0 Å². The normalized spacial score (nSPS) is 10.6. The molecular weight excluding hydrogens is 340 g/mol. The molecule has 4 nitrogen and oxygen atoms in total. The minimum atomic E-state index is -0.0817. The van der Waals surface area contributed by atoms with Gasteiger partial charge in [-0.15, -0.1) is 0 Å². The van der Waals surface area contributed by atoms with Crippen LogP contribution in [-0.4, -0.2) is 25.6 Å². The Morgan fingerprint density at radius 2 is 1.59 bits per heavy atom. The molecule has 0 aromatic heterocycles. The van der Waals surface area contributed by atoms with Crippen LogP contribution in [0, 0.1) is 6.92 Å². The van der Waals surface area contributed by atoms with E-state index >= 15 is 0 Å². The SMILES string of the molecule is C=CCOc1ccc(C(=O)C=Cc2cc(OCC)c(C)c(OCC)c2)cc1. The fraction of sp³-hybridized carbons (Fsp3) is 0.261. The number of allylic oxidation sites excluding steroid dienone is 1. The van der Waals surface area contributed by atoms with E-state index in [0.29, 0.717) is 31.1 Å². The first kappa shape index (κ1) is 20.3. The number of hydrogen-bond donors (Lipinski definition) is 0. The highest BCUT2D eigenvalue weighted by Gasteiger charge is 2.09. The quantitative estimate of drug-likeness (QED) is 0.327. The van der Waals surface area contributed by atoms with Crippen molar-refractivity contribution in [3.8, 4) is 17.2 Å². The van der Waals surface area contributed by atoms with Crippen molar-refractivity contribution in [3.05, 3.63) is 71.8 Å². The van der Waals surface area contributed by atoms with Crippen LogP contribution in [-0.2, 0) is 0 Å². The smallest absolute Gasteiger partial charge is 0.185 e. The molecule has 0 saturated heterocycles. The van der Waals surface area contributed by atoms with Gasteiger partial charge in [0.2, 0.25) is 0 Å². The molecule has 0 aliphatic rings. The highest BCUT2D eigenvalue weighted by atomic mass is 16.5. The third-order valence-corrected chi connectivity index (χ3v) is 3.87. The van der Waals surface area contributed by atoms with Crippen LogP contribution in [0.3, 0.4) is 0 Å². The van der Waals surface area contributed by atoms with Gasteiger partial charge in [0.25, 0.3) is 0 Å². The number of benzene rings is 2. The van der Waals surface area contributed by atoms with Crippen molar-refractivity contribution in [1.29, 1.82) is 0 Å². The van der Waals surface area contributed by atoms with E-state index in [4.69, 9.17) is 14.2 Å². The second-order valence-electron chi connectivity index (χ2n) is 5.83. The minimum Gasteiger partial charge on any atom is -0.493 e. The van der Waals surface area contributed by atoms with Gasteiger partial charge in [-0.2, -0.15) is 0 Å². The van der Waals surface area contributed by atoms with Crippen molar-refractivity contribution in [2.75, 3.05) is 19.8 Å². The standard InChI is InChI=1S/C23H26O4/c1-5-14-27-20-11-9-19(10-12-20)21(24)13-8-18-15-22(25-6-2)17(4)23(16-18)26-7-3/h5,8-13,15-16H,1,6-7,14H2,2-4H3. The molecule has 0 amide bonds. The lowest BCUT2D eigenvalue weighted by Gasteiger charge is -2.13. The monoisotopic (exact) mass is 366 g/mol. The Hall–Kier alpha value is -3.01. The van der Waals surface area contributed by atoms with Crippen LogP contribution in [0.25, 0.3) is 6.08 Å². The summed E-state index contributed by atoms with van der Waals surface area (Å²) in [6, 6.07) is 10.9. The van der Waals surface area contributed by atoms with E-state index in [1.807, 2.05) is 32.9 Å². The fourth-order valence-electron chi connectivity index (χ4n) is 2.53. The molecule has 0 saturated carbocycles. The molecule has 0 N–H and O–H groups in total. The zero-order valence-electron chi connectivity index (χ0n) is 16.2. The predicted octanol–water partition coefficient (Wildman–Crippen LogP) is 5.25. The Bertz CT molecular complexity index is 777. The van der Waals surface area contributed by atoms with E-state index in [1.54, 1.807) is 42.5 Å².